The van der Waals surface area contributed by atoms with Gasteiger partial charge in [0.05, 0.1) is 14.2 Å². The quantitative estimate of drug-likeness (QED) is 0.710. The van der Waals surface area contributed by atoms with Crippen LogP contribution >= 0.6 is 0 Å². The molecule has 1 spiro atoms. The lowest BCUT2D eigenvalue weighted by molar-refractivity contribution is -0.203. The van der Waals surface area contributed by atoms with Gasteiger partial charge in [-0.2, -0.15) is 0 Å². The molecule has 1 saturated carbocycles. The van der Waals surface area contributed by atoms with Crippen molar-refractivity contribution in [1.82, 2.24) is 4.90 Å². The predicted octanol–water partition coefficient (Wildman–Crippen LogP) is 2.27. The van der Waals surface area contributed by atoms with E-state index in [0.29, 0.717) is 30.7 Å². The first-order valence-electron chi connectivity index (χ1n) is 11.3. The second-order valence-corrected chi connectivity index (χ2v) is 9.71. The Balaban J connectivity index is 1.65. The van der Waals surface area contributed by atoms with Gasteiger partial charge in [-0.05, 0) is 50.3 Å². The second-order valence-electron chi connectivity index (χ2n) is 9.71. The lowest BCUT2D eigenvalue weighted by Gasteiger charge is -2.67. The van der Waals surface area contributed by atoms with Gasteiger partial charge in [-0.3, -0.25) is 19.3 Å². The molecule has 8 nitrogen and oxygen atoms in total. The summed E-state index contributed by atoms with van der Waals surface area (Å²) < 4.78 is 16.4. The van der Waals surface area contributed by atoms with E-state index in [9.17, 15) is 14.4 Å². The molecule has 8 heteroatoms. The zero-order chi connectivity index (χ0) is 22.8. The first-order chi connectivity index (χ1) is 15.3. The summed E-state index contributed by atoms with van der Waals surface area (Å²) in [6, 6.07) is 5.15. The maximum Gasteiger partial charge on any atom is 0.316 e. The summed E-state index contributed by atoms with van der Waals surface area (Å²) in [5.74, 6) is -0.0229. The van der Waals surface area contributed by atoms with E-state index >= 15 is 0 Å². The first kappa shape index (κ1) is 21.2. The van der Waals surface area contributed by atoms with Crippen molar-refractivity contribution < 1.29 is 28.6 Å². The number of hydrogen-bond donors (Lipinski definition) is 1. The molecule has 3 saturated heterocycles. The Labute approximate surface area is 187 Å². The minimum atomic E-state index is -1.09. The largest absolute Gasteiger partial charge is 0.497 e. The number of nitrogens with zero attached hydrogens (tertiary/aromatic N) is 1. The standard InChI is InChI=1S/C24H30N2O6/c1-13(32-14(2)27)17-9-15-11-23(22(29)31-4)20(17)26(12-15)8-7-24(23)21(28)18-10-16(30-3)5-6-19(18)25-24/h5-6,10,13,15,17,20,25H,7-9,11-12H2,1-4H3/t13-,15-,17-,20+,23-,24-/m0/s1. The van der Waals surface area contributed by atoms with Crippen LogP contribution in [0.15, 0.2) is 18.2 Å². The molecule has 1 unspecified atom stereocenters. The summed E-state index contributed by atoms with van der Waals surface area (Å²) in [6.45, 7) is 4.87. The molecule has 1 aromatic rings. The third-order valence-corrected chi connectivity index (χ3v) is 8.26. The monoisotopic (exact) mass is 442 g/mol. The van der Waals surface area contributed by atoms with Crippen LogP contribution in [0.5, 0.6) is 5.75 Å². The number of benzene rings is 1. The highest BCUT2D eigenvalue weighted by atomic mass is 16.5. The zero-order valence-corrected chi connectivity index (χ0v) is 19.0. The average molecular weight is 443 g/mol. The van der Waals surface area contributed by atoms with Crippen LogP contribution in [-0.4, -0.2) is 67.6 Å². The number of Topliss-reactive ketones (excluding diaryl/α,β-unsaturated/α-hetero) is 1. The van der Waals surface area contributed by atoms with Crippen molar-refractivity contribution in [1.29, 1.82) is 0 Å². The SMILES string of the molecule is COC(=O)[C@]12C[C@@H]3C[C@@H]([C@H](C)OC(C)=O)[C@H]1N(CC[C@@]21Nc2ccc(OC)cc2C1=O)C3. The molecule has 1 aromatic carbocycles. The van der Waals surface area contributed by atoms with Crippen LogP contribution in [0.4, 0.5) is 5.69 Å². The van der Waals surface area contributed by atoms with Crippen LogP contribution in [0.25, 0.3) is 0 Å². The highest BCUT2D eigenvalue weighted by Gasteiger charge is 2.75. The van der Waals surface area contributed by atoms with Crippen LogP contribution in [0.3, 0.4) is 0 Å². The van der Waals surface area contributed by atoms with Gasteiger partial charge in [0.2, 0.25) is 0 Å². The normalized spacial score (nSPS) is 37.4. The van der Waals surface area contributed by atoms with E-state index < -0.39 is 11.0 Å². The molecule has 0 radical (unpaired) electrons. The number of nitrogens with one attached hydrogen (secondary N) is 1. The Kier molecular flexibility index (Phi) is 4.78. The van der Waals surface area contributed by atoms with Gasteiger partial charge in [0.15, 0.2) is 5.78 Å². The number of hydrogen-bond acceptors (Lipinski definition) is 8. The third kappa shape index (κ3) is 2.62. The third-order valence-electron chi connectivity index (χ3n) is 8.26. The smallest absolute Gasteiger partial charge is 0.316 e. The van der Waals surface area contributed by atoms with Gasteiger partial charge in [-0.25, -0.2) is 0 Å². The van der Waals surface area contributed by atoms with E-state index in [1.54, 1.807) is 13.2 Å². The van der Waals surface area contributed by atoms with Crippen LogP contribution < -0.4 is 10.1 Å². The number of rotatable bonds is 4. The Morgan fingerprint density at radius 2 is 2.06 bits per heavy atom. The lowest BCUT2D eigenvalue weighted by Crippen LogP contribution is -2.80. The minimum Gasteiger partial charge on any atom is -0.497 e. The van der Waals surface area contributed by atoms with Gasteiger partial charge < -0.3 is 19.5 Å². The summed E-state index contributed by atoms with van der Waals surface area (Å²) in [7, 11) is 2.96. The molecule has 0 aromatic heterocycles. The van der Waals surface area contributed by atoms with Crippen molar-refractivity contribution in [3.05, 3.63) is 23.8 Å². The molecule has 4 bridgehead atoms. The maximum atomic E-state index is 14.1. The van der Waals surface area contributed by atoms with E-state index in [-0.39, 0.29) is 41.7 Å². The van der Waals surface area contributed by atoms with Crippen LogP contribution in [0.2, 0.25) is 0 Å². The Morgan fingerprint density at radius 3 is 2.75 bits per heavy atom. The number of ketones is 1. The fourth-order valence-corrected chi connectivity index (χ4v) is 7.21. The molecular weight excluding hydrogens is 412 g/mol. The number of carbonyl (C=O) groups excluding carboxylic acids is 3. The molecular formula is C24H30N2O6. The van der Waals surface area contributed by atoms with E-state index in [0.717, 1.165) is 18.7 Å². The van der Waals surface area contributed by atoms with Crippen molar-refractivity contribution in [3.63, 3.8) is 0 Å². The molecule has 1 N–H and O–H groups in total. The van der Waals surface area contributed by atoms with Gasteiger partial charge in [0.25, 0.3) is 0 Å². The molecule has 172 valence electrons. The van der Waals surface area contributed by atoms with Gasteiger partial charge in [0, 0.05) is 43.2 Å². The summed E-state index contributed by atoms with van der Waals surface area (Å²) in [4.78, 5) is 41.8. The van der Waals surface area contributed by atoms with Crippen molar-refractivity contribution >= 4 is 23.4 Å². The Morgan fingerprint density at radius 1 is 1.28 bits per heavy atom. The molecule has 6 rings (SSSR count). The molecule has 4 fully saturated rings. The fraction of sp³-hybridized carbons (Fsp3) is 0.625. The van der Waals surface area contributed by atoms with Gasteiger partial charge >= 0.3 is 11.9 Å². The zero-order valence-electron chi connectivity index (χ0n) is 19.0. The topological polar surface area (TPSA) is 94.2 Å². The van der Waals surface area contributed by atoms with Crippen molar-refractivity contribution in [2.45, 2.75) is 50.8 Å². The number of esters is 2. The number of ether oxygens (including phenoxy) is 3. The number of piperidine rings is 3. The molecule has 32 heavy (non-hydrogen) atoms. The van der Waals surface area contributed by atoms with E-state index in [4.69, 9.17) is 14.2 Å². The first-order valence-corrected chi connectivity index (χ1v) is 11.3. The number of methoxy groups -OCH3 is 2. The summed E-state index contributed by atoms with van der Waals surface area (Å²) >= 11 is 0. The van der Waals surface area contributed by atoms with Crippen molar-refractivity contribution in [2.24, 2.45) is 17.3 Å². The Bertz CT molecular complexity index is 995. The van der Waals surface area contributed by atoms with E-state index in [1.165, 1.54) is 14.0 Å². The Hall–Kier alpha value is -2.61. The maximum absolute atomic E-state index is 14.1. The van der Waals surface area contributed by atoms with E-state index in [1.807, 2.05) is 19.1 Å². The molecule has 4 heterocycles. The molecule has 7 atom stereocenters. The summed E-state index contributed by atoms with van der Waals surface area (Å²) in [6.07, 6.45) is 1.59. The average Bonchev–Trinajstić information content (AvgIpc) is 3.07. The van der Waals surface area contributed by atoms with Crippen molar-refractivity contribution in [2.75, 3.05) is 32.6 Å². The number of fused-ring (bicyclic) bond motifs is 2. The van der Waals surface area contributed by atoms with Crippen LogP contribution in [0.1, 0.15) is 43.5 Å². The van der Waals surface area contributed by atoms with Crippen LogP contribution in [-0.2, 0) is 19.1 Å². The van der Waals surface area contributed by atoms with Gasteiger partial charge in [0.1, 0.15) is 22.8 Å². The van der Waals surface area contributed by atoms with E-state index in [2.05, 4.69) is 10.2 Å². The highest BCUT2D eigenvalue weighted by Crippen LogP contribution is 2.63. The molecule has 1 aliphatic carbocycles. The molecule has 4 aliphatic heterocycles. The predicted molar refractivity (Wildman–Crippen MR) is 116 cm³/mol. The van der Waals surface area contributed by atoms with Gasteiger partial charge in [-0.1, -0.05) is 0 Å². The van der Waals surface area contributed by atoms with Gasteiger partial charge in [-0.15, -0.1) is 0 Å². The molecule has 0 amide bonds. The lowest BCUT2D eigenvalue weighted by atomic mass is 9.47. The molecule has 5 aliphatic rings. The summed E-state index contributed by atoms with van der Waals surface area (Å²) in [5, 5.41) is 3.51. The number of carbonyl (C=O) groups is 3. The van der Waals surface area contributed by atoms with Crippen LogP contribution in [0, 0.1) is 17.3 Å². The fourth-order valence-electron chi connectivity index (χ4n) is 7.21. The minimum absolute atomic E-state index is 0.0597. The highest BCUT2D eigenvalue weighted by molar-refractivity contribution is 6.16. The number of anilines is 1. The van der Waals surface area contributed by atoms with Crippen molar-refractivity contribution in [3.8, 4) is 5.75 Å². The summed E-state index contributed by atoms with van der Waals surface area (Å²) in [5.41, 5.74) is -0.891. The second kappa shape index (κ2) is 7.20.